The van der Waals surface area contributed by atoms with Crippen LogP contribution in [0, 0.1) is 5.82 Å². The Morgan fingerprint density at radius 3 is 2.68 bits per heavy atom. The molecule has 0 bridgehead atoms. The maximum atomic E-state index is 13.3. The Morgan fingerprint density at radius 2 is 1.88 bits per heavy atom. The maximum Gasteiger partial charge on any atom is 0.263 e. The number of carbonyl (C=O) groups excluding carboxylic acids is 1. The van der Waals surface area contributed by atoms with Crippen LogP contribution in [0.3, 0.4) is 0 Å². The van der Waals surface area contributed by atoms with Crippen molar-refractivity contribution in [3.05, 3.63) is 100 Å². The van der Waals surface area contributed by atoms with Crippen molar-refractivity contribution < 1.29 is 9.18 Å². The van der Waals surface area contributed by atoms with Gasteiger partial charge in [-0.2, -0.15) is 5.10 Å². The molecule has 5 rings (SSSR count). The number of para-hydroxylation sites is 1. The first-order valence-electron chi connectivity index (χ1n) is 10.7. The minimum absolute atomic E-state index is 0.135. The van der Waals surface area contributed by atoms with Crippen molar-refractivity contribution in [3.8, 4) is 16.8 Å². The number of rotatable bonds is 7. The number of nitrogens with zero attached hydrogens (tertiary/aromatic N) is 4. The molecule has 2 aromatic carbocycles. The van der Waals surface area contributed by atoms with Crippen LogP contribution in [-0.2, 0) is 17.8 Å². The molecule has 3 heterocycles. The Hall–Kier alpha value is -4.11. The fourth-order valence-electron chi connectivity index (χ4n) is 3.69. The van der Waals surface area contributed by atoms with E-state index in [9.17, 15) is 14.0 Å². The molecule has 0 fully saturated rings. The summed E-state index contributed by atoms with van der Waals surface area (Å²) in [5.74, 6) is -0.625. The number of thiophene rings is 1. The highest BCUT2D eigenvalue weighted by atomic mass is 32.1. The van der Waals surface area contributed by atoms with Crippen molar-refractivity contribution in [3.63, 3.8) is 0 Å². The summed E-state index contributed by atoms with van der Waals surface area (Å²) in [6.45, 7) is 0.284. The van der Waals surface area contributed by atoms with Gasteiger partial charge in [0.1, 0.15) is 17.2 Å². The first-order chi connectivity index (χ1) is 16.6. The fourth-order valence-corrected chi connectivity index (χ4v) is 4.60. The van der Waals surface area contributed by atoms with Crippen LogP contribution >= 0.6 is 11.3 Å². The zero-order valence-electron chi connectivity index (χ0n) is 18.0. The average Bonchev–Trinajstić information content (AvgIpc) is 3.50. The van der Waals surface area contributed by atoms with Gasteiger partial charge >= 0.3 is 0 Å². The highest BCUT2D eigenvalue weighted by molar-refractivity contribution is 7.17. The highest BCUT2D eigenvalue weighted by Crippen LogP contribution is 2.30. The fraction of sp³-hybridized carbons (Fsp3) is 0.120. The van der Waals surface area contributed by atoms with Gasteiger partial charge in [0, 0.05) is 23.7 Å². The molecule has 0 aliphatic rings. The molecule has 1 N–H and O–H groups in total. The molecule has 1 amide bonds. The number of hydrogen-bond acceptors (Lipinski definition) is 5. The van der Waals surface area contributed by atoms with Gasteiger partial charge in [0.25, 0.3) is 5.56 Å². The number of carbonyl (C=O) groups is 1. The van der Waals surface area contributed by atoms with Gasteiger partial charge < -0.3 is 5.32 Å². The Morgan fingerprint density at radius 1 is 1.09 bits per heavy atom. The van der Waals surface area contributed by atoms with Crippen LogP contribution in [0.4, 0.5) is 4.39 Å². The van der Waals surface area contributed by atoms with Gasteiger partial charge in [0.05, 0.1) is 23.6 Å². The molecule has 7 nitrogen and oxygen atoms in total. The number of aromatic nitrogens is 4. The van der Waals surface area contributed by atoms with E-state index in [4.69, 9.17) is 0 Å². The lowest BCUT2D eigenvalue weighted by Crippen LogP contribution is -2.33. The summed E-state index contributed by atoms with van der Waals surface area (Å²) in [4.78, 5) is 30.5. The summed E-state index contributed by atoms with van der Waals surface area (Å²) in [7, 11) is 0. The van der Waals surface area contributed by atoms with Crippen molar-refractivity contribution in [1.29, 1.82) is 0 Å². The second-order valence-corrected chi connectivity index (χ2v) is 8.60. The standard InChI is InChI=1S/C25H20FN5O2S/c26-19-8-6-18(7-9-19)21-15-34-24-23(21)25(33)30(16-28-24)14-22(32)27-11-10-17-12-29-31(13-17)20-4-2-1-3-5-20/h1-9,12-13,15-16H,10-11,14H2,(H,27,32). The number of amides is 1. The van der Waals surface area contributed by atoms with E-state index < -0.39 is 0 Å². The third-order valence-corrected chi connectivity index (χ3v) is 6.31. The highest BCUT2D eigenvalue weighted by Gasteiger charge is 2.15. The van der Waals surface area contributed by atoms with Crippen LogP contribution in [0.15, 0.2) is 83.5 Å². The normalized spacial score (nSPS) is 11.1. The molecule has 0 atom stereocenters. The Kier molecular flexibility index (Phi) is 6.01. The SMILES string of the molecule is O=C(Cn1cnc2scc(-c3ccc(F)cc3)c2c1=O)NCCc1cnn(-c2ccccc2)c1. The minimum Gasteiger partial charge on any atom is -0.354 e. The van der Waals surface area contributed by atoms with E-state index in [1.165, 1.54) is 34.4 Å². The number of nitrogens with one attached hydrogen (secondary N) is 1. The predicted molar refractivity (Wildman–Crippen MR) is 130 cm³/mol. The molecule has 9 heteroatoms. The molecule has 5 aromatic rings. The number of benzene rings is 2. The molecule has 0 aliphatic heterocycles. The molecule has 0 spiro atoms. The van der Waals surface area contributed by atoms with E-state index in [1.807, 2.05) is 41.9 Å². The second kappa shape index (κ2) is 9.40. The summed E-state index contributed by atoms with van der Waals surface area (Å²) in [6, 6.07) is 15.7. The monoisotopic (exact) mass is 473 g/mol. The maximum absolute atomic E-state index is 13.3. The lowest BCUT2D eigenvalue weighted by atomic mass is 10.1. The molecule has 0 radical (unpaired) electrons. The Bertz CT molecular complexity index is 1510. The topological polar surface area (TPSA) is 81.8 Å². The van der Waals surface area contributed by atoms with Crippen LogP contribution in [0.1, 0.15) is 5.56 Å². The quantitative estimate of drug-likeness (QED) is 0.390. The molecule has 170 valence electrons. The second-order valence-electron chi connectivity index (χ2n) is 7.74. The van der Waals surface area contributed by atoms with E-state index >= 15 is 0 Å². The van der Waals surface area contributed by atoms with Crippen molar-refractivity contribution in [2.45, 2.75) is 13.0 Å². The molecule has 0 unspecified atom stereocenters. The minimum atomic E-state index is -0.345. The molecular weight excluding hydrogens is 453 g/mol. The predicted octanol–water partition coefficient (Wildman–Crippen LogP) is 3.81. The third-order valence-electron chi connectivity index (χ3n) is 5.42. The van der Waals surface area contributed by atoms with Gasteiger partial charge in [-0.3, -0.25) is 14.2 Å². The van der Waals surface area contributed by atoms with E-state index in [0.29, 0.717) is 28.7 Å². The summed E-state index contributed by atoms with van der Waals surface area (Å²) < 4.78 is 16.4. The van der Waals surface area contributed by atoms with Crippen molar-refractivity contribution in [2.75, 3.05) is 6.54 Å². The van der Waals surface area contributed by atoms with Crippen LogP contribution in [0.25, 0.3) is 27.0 Å². The van der Waals surface area contributed by atoms with Crippen molar-refractivity contribution >= 4 is 27.5 Å². The van der Waals surface area contributed by atoms with Crippen LogP contribution < -0.4 is 10.9 Å². The summed E-state index contributed by atoms with van der Waals surface area (Å²) in [5, 5.41) is 9.46. The van der Waals surface area contributed by atoms with Crippen molar-refractivity contribution in [2.24, 2.45) is 0 Å². The average molecular weight is 474 g/mol. The van der Waals surface area contributed by atoms with Gasteiger partial charge in [-0.1, -0.05) is 30.3 Å². The Labute approximate surface area is 198 Å². The molecule has 0 saturated carbocycles. The molecule has 3 aromatic heterocycles. The molecule has 0 saturated heterocycles. The van der Waals surface area contributed by atoms with Gasteiger partial charge in [0.2, 0.25) is 5.91 Å². The van der Waals surface area contributed by atoms with Crippen LogP contribution in [-0.4, -0.2) is 31.8 Å². The molecule has 34 heavy (non-hydrogen) atoms. The third kappa shape index (κ3) is 4.51. The van der Waals surface area contributed by atoms with Gasteiger partial charge in [-0.15, -0.1) is 11.3 Å². The van der Waals surface area contributed by atoms with E-state index in [2.05, 4.69) is 15.4 Å². The zero-order chi connectivity index (χ0) is 23.5. The van der Waals surface area contributed by atoms with E-state index in [1.54, 1.807) is 23.0 Å². The van der Waals surface area contributed by atoms with Gasteiger partial charge in [-0.25, -0.2) is 14.1 Å². The first kappa shape index (κ1) is 21.7. The van der Waals surface area contributed by atoms with Crippen LogP contribution in [0.2, 0.25) is 0 Å². The number of halogens is 1. The smallest absolute Gasteiger partial charge is 0.263 e. The van der Waals surface area contributed by atoms with Crippen molar-refractivity contribution in [1.82, 2.24) is 24.6 Å². The van der Waals surface area contributed by atoms with Gasteiger partial charge in [-0.05, 0) is 41.8 Å². The summed E-state index contributed by atoms with van der Waals surface area (Å²) >= 11 is 1.34. The lowest BCUT2D eigenvalue weighted by molar-refractivity contribution is -0.121. The summed E-state index contributed by atoms with van der Waals surface area (Å²) in [6.07, 6.45) is 5.70. The van der Waals surface area contributed by atoms with E-state index in [-0.39, 0.29) is 23.8 Å². The zero-order valence-corrected chi connectivity index (χ0v) is 18.8. The number of hydrogen-bond donors (Lipinski definition) is 1. The molecular formula is C25H20FN5O2S. The lowest BCUT2D eigenvalue weighted by Gasteiger charge is -2.07. The molecule has 0 aliphatic carbocycles. The van der Waals surface area contributed by atoms with Crippen LogP contribution in [0.5, 0.6) is 0 Å². The summed E-state index contributed by atoms with van der Waals surface area (Å²) in [5.41, 5.74) is 3.07. The van der Waals surface area contributed by atoms with E-state index in [0.717, 1.165) is 16.8 Å². The first-order valence-corrected chi connectivity index (χ1v) is 11.5. The Balaban J connectivity index is 1.25. The number of fused-ring (bicyclic) bond motifs is 1. The largest absolute Gasteiger partial charge is 0.354 e. The van der Waals surface area contributed by atoms with Gasteiger partial charge in [0.15, 0.2) is 0 Å².